The normalized spacial score (nSPS) is 11.6. The van der Waals surface area contributed by atoms with Crippen LogP contribution in [0.2, 0.25) is 36.3 Å². The second-order valence-corrected chi connectivity index (χ2v) is 15.1. The SMILES string of the molecule is CC(C)[CH2][Al]([C]#CC[Si](C)(C)C)[CH2]C(C)C. The monoisotopic (exact) mass is 252 g/mol. The summed E-state index contributed by atoms with van der Waals surface area (Å²) < 4.78 is 0. The smallest absolute Gasteiger partial charge is 0.205 e. The van der Waals surface area contributed by atoms with Crippen LogP contribution in [0.1, 0.15) is 27.7 Å². The summed E-state index contributed by atoms with van der Waals surface area (Å²) in [5, 5.41) is 2.80. The van der Waals surface area contributed by atoms with E-state index in [0.717, 1.165) is 11.8 Å². The molecule has 0 spiro atoms. The minimum atomic E-state index is -0.955. The van der Waals surface area contributed by atoms with E-state index in [4.69, 9.17) is 0 Å². The molecule has 0 heterocycles. The van der Waals surface area contributed by atoms with Crippen LogP contribution >= 0.6 is 0 Å². The summed E-state index contributed by atoms with van der Waals surface area (Å²) in [6.07, 6.45) is 0. The topological polar surface area (TPSA) is 0 Å². The van der Waals surface area contributed by atoms with Gasteiger partial charge in [-0.05, 0) is 0 Å². The van der Waals surface area contributed by atoms with E-state index in [1.54, 1.807) is 0 Å². The van der Waals surface area contributed by atoms with E-state index >= 15 is 0 Å². The Hall–Kier alpha value is 0.309. The maximum absolute atomic E-state index is 3.66. The first kappa shape index (κ1) is 16.3. The van der Waals surface area contributed by atoms with Gasteiger partial charge in [-0.25, -0.2) is 4.78 Å². The minimum Gasteiger partial charge on any atom is -0.205 e. The second-order valence-electron chi connectivity index (χ2n) is 7.01. The third-order valence-electron chi connectivity index (χ3n) is 2.44. The third kappa shape index (κ3) is 10.8. The van der Waals surface area contributed by atoms with Gasteiger partial charge in [0, 0.05) is 6.04 Å². The van der Waals surface area contributed by atoms with Crippen LogP contribution in [-0.4, -0.2) is 22.2 Å². The molecule has 0 rings (SSSR count). The van der Waals surface area contributed by atoms with Gasteiger partial charge in [0.25, 0.3) is 0 Å². The first-order valence-electron chi connectivity index (χ1n) is 6.69. The first-order chi connectivity index (χ1) is 7.20. The molecule has 0 amide bonds. The van der Waals surface area contributed by atoms with Crippen LogP contribution < -0.4 is 0 Å². The summed E-state index contributed by atoms with van der Waals surface area (Å²) in [6.45, 7) is 16.6. The number of rotatable bonds is 5. The van der Waals surface area contributed by atoms with Crippen molar-refractivity contribution in [1.82, 2.24) is 0 Å². The molecule has 0 aliphatic heterocycles. The molecule has 0 bridgehead atoms. The molecule has 0 saturated carbocycles. The Kier molecular flexibility index (Phi) is 7.75. The summed E-state index contributed by atoms with van der Waals surface area (Å²) in [5.41, 5.74) is 0. The van der Waals surface area contributed by atoms with Crippen molar-refractivity contribution in [3.63, 3.8) is 0 Å². The van der Waals surface area contributed by atoms with Crippen molar-refractivity contribution in [2.24, 2.45) is 11.8 Å². The Morgan fingerprint density at radius 2 is 1.38 bits per heavy atom. The molecule has 0 fully saturated rings. The Morgan fingerprint density at radius 1 is 0.938 bits per heavy atom. The van der Waals surface area contributed by atoms with Crippen LogP contribution in [-0.2, 0) is 0 Å². The van der Waals surface area contributed by atoms with E-state index in [1.807, 2.05) is 0 Å². The minimum absolute atomic E-state index is 0.778. The lowest BCUT2D eigenvalue weighted by atomic mass is 10.3. The molecule has 0 unspecified atom stereocenters. The molecule has 0 aromatic carbocycles. The average Bonchev–Trinajstić information content (AvgIpc) is 1.98. The van der Waals surface area contributed by atoms with E-state index < -0.39 is 22.2 Å². The van der Waals surface area contributed by atoms with Gasteiger partial charge in [-0.2, -0.15) is 0 Å². The van der Waals surface area contributed by atoms with Crippen LogP contribution in [0.25, 0.3) is 0 Å². The lowest BCUT2D eigenvalue weighted by Crippen LogP contribution is -2.19. The molecule has 0 saturated heterocycles. The zero-order valence-electron chi connectivity index (χ0n) is 12.4. The predicted molar refractivity (Wildman–Crippen MR) is 81.0 cm³/mol. The highest BCUT2D eigenvalue weighted by Crippen LogP contribution is 2.14. The standard InChI is InChI=1S/C6H11Si.2C4H9.Al/c1-5-6-7(2,3)4;2*1-4(2)3;/h6H2,2-4H3;2*4H,1H2,2-3H3;. The van der Waals surface area contributed by atoms with Crippen LogP contribution in [0.15, 0.2) is 0 Å². The summed E-state index contributed by atoms with van der Waals surface area (Å²) in [4.78, 5) is 3.66. The van der Waals surface area contributed by atoms with Crippen molar-refractivity contribution in [3.05, 3.63) is 0 Å². The van der Waals surface area contributed by atoms with Gasteiger partial charge in [-0.3, -0.25) is 0 Å². The fraction of sp³-hybridized carbons (Fsp3) is 0.857. The molecule has 0 aromatic rings. The Labute approximate surface area is 109 Å². The van der Waals surface area contributed by atoms with Crippen LogP contribution in [0.3, 0.4) is 0 Å². The fourth-order valence-electron chi connectivity index (χ4n) is 1.81. The van der Waals surface area contributed by atoms with Crippen molar-refractivity contribution in [2.75, 3.05) is 0 Å². The van der Waals surface area contributed by atoms with Gasteiger partial charge in [0.05, 0.1) is 8.07 Å². The molecule has 0 aromatic heterocycles. The maximum Gasteiger partial charge on any atom is 0.376 e. The fourth-order valence-corrected chi connectivity index (χ4v) is 5.74. The van der Waals surface area contributed by atoms with Gasteiger partial charge in [-0.15, -0.1) is 5.92 Å². The molecule has 0 nitrogen and oxygen atoms in total. The summed E-state index contributed by atoms with van der Waals surface area (Å²) in [6, 6.07) is 1.19. The summed E-state index contributed by atoms with van der Waals surface area (Å²) >= 11 is -0.778. The van der Waals surface area contributed by atoms with Crippen molar-refractivity contribution in [3.8, 4) is 10.7 Å². The van der Waals surface area contributed by atoms with Gasteiger partial charge < -0.3 is 0 Å². The van der Waals surface area contributed by atoms with Crippen LogP contribution in [0, 0.1) is 22.5 Å². The summed E-state index contributed by atoms with van der Waals surface area (Å²) in [7, 11) is -0.955. The van der Waals surface area contributed by atoms with E-state index in [1.165, 1.54) is 16.6 Å². The van der Waals surface area contributed by atoms with Gasteiger partial charge in [0.2, 0.25) is 0 Å². The largest absolute Gasteiger partial charge is 0.376 e. The van der Waals surface area contributed by atoms with Gasteiger partial charge in [-0.1, -0.05) is 69.7 Å². The van der Waals surface area contributed by atoms with Crippen LogP contribution in [0.4, 0.5) is 0 Å². The van der Waals surface area contributed by atoms with Gasteiger partial charge in [0.15, 0.2) is 0 Å². The van der Waals surface area contributed by atoms with E-state index in [2.05, 4.69) is 58.0 Å². The van der Waals surface area contributed by atoms with Crippen molar-refractivity contribution in [1.29, 1.82) is 0 Å². The highest BCUT2D eigenvalue weighted by molar-refractivity contribution is 6.77. The molecular formula is C14H29AlSi. The third-order valence-corrected chi connectivity index (χ3v) is 7.31. The van der Waals surface area contributed by atoms with Gasteiger partial charge in [0.1, 0.15) is 0 Å². The lowest BCUT2D eigenvalue weighted by molar-refractivity contribution is 0.695. The zero-order chi connectivity index (χ0) is 12.8. The lowest BCUT2D eigenvalue weighted by Gasteiger charge is -2.12. The van der Waals surface area contributed by atoms with Crippen molar-refractivity contribution >= 4 is 22.2 Å². The number of hydrogen-bond donors (Lipinski definition) is 0. The van der Waals surface area contributed by atoms with Gasteiger partial charge >= 0.3 is 14.1 Å². The van der Waals surface area contributed by atoms with Crippen molar-refractivity contribution in [2.45, 2.75) is 63.9 Å². The summed E-state index contributed by atoms with van der Waals surface area (Å²) in [5.74, 6) is 5.17. The quantitative estimate of drug-likeness (QED) is 0.492. The molecular weight excluding hydrogens is 223 g/mol. The Morgan fingerprint density at radius 3 is 1.69 bits per heavy atom. The Balaban J connectivity index is 4.29. The molecule has 16 heavy (non-hydrogen) atoms. The molecule has 0 radical (unpaired) electrons. The highest BCUT2D eigenvalue weighted by atomic mass is 28.3. The van der Waals surface area contributed by atoms with Crippen molar-refractivity contribution < 1.29 is 0 Å². The molecule has 2 heteroatoms. The first-order valence-corrected chi connectivity index (χ1v) is 12.6. The average molecular weight is 252 g/mol. The Bertz CT molecular complexity index is 230. The zero-order valence-corrected chi connectivity index (χ0v) is 14.5. The van der Waals surface area contributed by atoms with Crippen LogP contribution in [0.5, 0.6) is 0 Å². The van der Waals surface area contributed by atoms with E-state index in [9.17, 15) is 0 Å². The van der Waals surface area contributed by atoms with E-state index in [-0.39, 0.29) is 0 Å². The molecule has 0 aliphatic rings. The number of hydrogen-bond acceptors (Lipinski definition) is 0. The second kappa shape index (κ2) is 7.60. The predicted octanol–water partition coefficient (Wildman–Crippen LogP) is 4.67. The molecule has 0 N–H and O–H groups in total. The molecule has 0 aliphatic carbocycles. The maximum atomic E-state index is 3.66. The molecule has 92 valence electrons. The highest BCUT2D eigenvalue weighted by Gasteiger charge is 2.18. The molecule has 0 atom stereocenters. The van der Waals surface area contributed by atoms with E-state index in [0.29, 0.717) is 0 Å².